The van der Waals surface area contributed by atoms with Gasteiger partial charge >= 0.3 is 6.18 Å². The van der Waals surface area contributed by atoms with Gasteiger partial charge in [-0.3, -0.25) is 0 Å². The van der Waals surface area contributed by atoms with Crippen molar-refractivity contribution in [2.24, 2.45) is 5.92 Å². The second-order valence-corrected chi connectivity index (χ2v) is 5.11. The Morgan fingerprint density at radius 1 is 1.21 bits per heavy atom. The molecule has 0 saturated carbocycles. The summed E-state index contributed by atoms with van der Waals surface area (Å²) in [5, 5.41) is 3.23. The standard InChI is InChI=1S/C14H17F4N/c1-9(10-4-6-19-7-5-10)11-2-3-13(15)12(8-11)14(16,17)18/h2-3,8-10,19H,4-7H2,1H3. The Kier molecular flexibility index (Phi) is 4.13. The zero-order valence-electron chi connectivity index (χ0n) is 10.7. The van der Waals surface area contributed by atoms with Crippen molar-refractivity contribution in [1.29, 1.82) is 0 Å². The van der Waals surface area contributed by atoms with Gasteiger partial charge in [0.2, 0.25) is 0 Å². The van der Waals surface area contributed by atoms with Crippen molar-refractivity contribution >= 4 is 0 Å². The predicted molar refractivity (Wildman–Crippen MR) is 65.4 cm³/mol. The van der Waals surface area contributed by atoms with Gasteiger partial charge in [-0.2, -0.15) is 13.2 Å². The van der Waals surface area contributed by atoms with E-state index in [1.807, 2.05) is 6.92 Å². The molecular weight excluding hydrogens is 258 g/mol. The average Bonchev–Trinajstić information content (AvgIpc) is 2.38. The molecule has 106 valence electrons. The van der Waals surface area contributed by atoms with Gasteiger partial charge in [-0.05, 0) is 55.5 Å². The van der Waals surface area contributed by atoms with Crippen molar-refractivity contribution in [3.63, 3.8) is 0 Å². The van der Waals surface area contributed by atoms with Crippen LogP contribution in [0.2, 0.25) is 0 Å². The van der Waals surface area contributed by atoms with Crippen molar-refractivity contribution in [2.45, 2.75) is 31.9 Å². The number of nitrogens with one attached hydrogen (secondary N) is 1. The summed E-state index contributed by atoms with van der Waals surface area (Å²) in [5.41, 5.74) is -0.591. The molecule has 0 radical (unpaired) electrons. The molecule has 2 rings (SSSR count). The number of halogens is 4. The molecule has 0 amide bonds. The van der Waals surface area contributed by atoms with Gasteiger partial charge in [-0.15, -0.1) is 0 Å². The summed E-state index contributed by atoms with van der Waals surface area (Å²) in [4.78, 5) is 0. The van der Waals surface area contributed by atoms with E-state index in [0.717, 1.165) is 38.1 Å². The third-order valence-corrected chi connectivity index (χ3v) is 3.91. The molecule has 1 nitrogen and oxygen atoms in total. The molecule has 5 heteroatoms. The minimum absolute atomic E-state index is 0.0174. The molecular formula is C14H17F4N. The van der Waals surface area contributed by atoms with Crippen molar-refractivity contribution < 1.29 is 17.6 Å². The van der Waals surface area contributed by atoms with Gasteiger partial charge in [-0.25, -0.2) is 4.39 Å². The summed E-state index contributed by atoms with van der Waals surface area (Å²) < 4.78 is 51.3. The molecule has 0 bridgehead atoms. The second-order valence-electron chi connectivity index (χ2n) is 5.11. The molecule has 0 aromatic heterocycles. The molecule has 1 aliphatic rings. The third kappa shape index (κ3) is 3.26. The highest BCUT2D eigenvalue weighted by Gasteiger charge is 2.35. The maximum Gasteiger partial charge on any atom is 0.419 e. The first-order chi connectivity index (χ1) is 8.89. The van der Waals surface area contributed by atoms with E-state index in [-0.39, 0.29) is 5.92 Å². The number of hydrogen-bond donors (Lipinski definition) is 1. The number of piperidine rings is 1. The first kappa shape index (κ1) is 14.3. The Bertz CT molecular complexity index is 436. The summed E-state index contributed by atoms with van der Waals surface area (Å²) >= 11 is 0. The fourth-order valence-electron chi connectivity index (χ4n) is 2.66. The summed E-state index contributed by atoms with van der Waals surface area (Å²) in [6.45, 7) is 3.70. The first-order valence-corrected chi connectivity index (χ1v) is 6.47. The average molecular weight is 275 g/mol. The number of rotatable bonds is 2. The summed E-state index contributed by atoms with van der Waals surface area (Å²) in [5.74, 6) is -0.828. The van der Waals surface area contributed by atoms with E-state index in [4.69, 9.17) is 0 Å². The molecule has 19 heavy (non-hydrogen) atoms. The van der Waals surface area contributed by atoms with E-state index in [1.165, 1.54) is 6.07 Å². The second kappa shape index (κ2) is 5.49. The van der Waals surface area contributed by atoms with Crippen LogP contribution >= 0.6 is 0 Å². The Morgan fingerprint density at radius 2 is 1.84 bits per heavy atom. The highest BCUT2D eigenvalue weighted by molar-refractivity contribution is 5.30. The van der Waals surface area contributed by atoms with Crippen LogP contribution in [0, 0.1) is 11.7 Å². The molecule has 1 fully saturated rings. The van der Waals surface area contributed by atoms with Crippen LogP contribution in [0.25, 0.3) is 0 Å². The predicted octanol–water partition coefficient (Wildman–Crippen LogP) is 3.95. The fourth-order valence-corrected chi connectivity index (χ4v) is 2.66. The van der Waals surface area contributed by atoms with Crippen LogP contribution < -0.4 is 5.32 Å². The molecule has 1 aromatic carbocycles. The first-order valence-electron chi connectivity index (χ1n) is 6.47. The normalized spacial score (nSPS) is 19.4. The molecule has 1 N–H and O–H groups in total. The molecule has 0 aliphatic carbocycles. The van der Waals surface area contributed by atoms with Crippen LogP contribution in [0.3, 0.4) is 0 Å². The third-order valence-electron chi connectivity index (χ3n) is 3.91. The Balaban J connectivity index is 2.24. The van der Waals surface area contributed by atoms with E-state index < -0.39 is 17.6 Å². The van der Waals surface area contributed by atoms with Gasteiger partial charge in [0.15, 0.2) is 0 Å². The Hall–Kier alpha value is -1.10. The minimum atomic E-state index is -4.63. The zero-order valence-corrected chi connectivity index (χ0v) is 10.7. The molecule has 1 atom stereocenters. The Labute approximate surface area is 110 Å². The summed E-state index contributed by atoms with van der Waals surface area (Å²) in [7, 11) is 0. The lowest BCUT2D eigenvalue weighted by molar-refractivity contribution is -0.140. The summed E-state index contributed by atoms with van der Waals surface area (Å²) in [6, 6.07) is 3.36. The lowest BCUT2D eigenvalue weighted by Crippen LogP contribution is -2.30. The molecule has 1 saturated heterocycles. The van der Waals surface area contributed by atoms with Crippen LogP contribution in [0.4, 0.5) is 17.6 Å². The van der Waals surface area contributed by atoms with E-state index in [2.05, 4.69) is 5.32 Å². The Morgan fingerprint density at radius 3 is 2.42 bits per heavy atom. The number of hydrogen-bond acceptors (Lipinski definition) is 1. The number of benzene rings is 1. The molecule has 1 aliphatic heterocycles. The van der Waals surface area contributed by atoms with E-state index >= 15 is 0 Å². The lowest BCUT2D eigenvalue weighted by Gasteiger charge is -2.29. The zero-order chi connectivity index (χ0) is 14.0. The van der Waals surface area contributed by atoms with E-state index in [9.17, 15) is 17.6 Å². The van der Waals surface area contributed by atoms with Crippen LogP contribution in [0.15, 0.2) is 18.2 Å². The van der Waals surface area contributed by atoms with Crippen LogP contribution in [0.1, 0.15) is 36.8 Å². The smallest absolute Gasteiger partial charge is 0.317 e. The lowest BCUT2D eigenvalue weighted by atomic mass is 9.81. The molecule has 1 aromatic rings. The van der Waals surface area contributed by atoms with Crippen molar-refractivity contribution in [1.82, 2.24) is 5.32 Å². The molecule has 1 unspecified atom stereocenters. The molecule has 0 spiro atoms. The minimum Gasteiger partial charge on any atom is -0.317 e. The highest BCUT2D eigenvalue weighted by atomic mass is 19.4. The molecule has 1 heterocycles. The van der Waals surface area contributed by atoms with Crippen molar-refractivity contribution in [3.05, 3.63) is 35.1 Å². The van der Waals surface area contributed by atoms with Gasteiger partial charge in [0.25, 0.3) is 0 Å². The highest BCUT2D eigenvalue weighted by Crippen LogP contribution is 2.36. The maximum atomic E-state index is 13.2. The van der Waals surface area contributed by atoms with Gasteiger partial charge in [0, 0.05) is 0 Å². The SMILES string of the molecule is CC(c1ccc(F)c(C(F)(F)F)c1)C1CCNCC1. The van der Waals surface area contributed by atoms with Crippen LogP contribution in [0.5, 0.6) is 0 Å². The maximum absolute atomic E-state index is 13.2. The quantitative estimate of drug-likeness (QED) is 0.806. The van der Waals surface area contributed by atoms with Gasteiger partial charge < -0.3 is 5.32 Å². The van der Waals surface area contributed by atoms with Crippen LogP contribution in [-0.2, 0) is 6.18 Å². The van der Waals surface area contributed by atoms with Crippen molar-refractivity contribution in [2.75, 3.05) is 13.1 Å². The van der Waals surface area contributed by atoms with Gasteiger partial charge in [0.1, 0.15) is 5.82 Å². The fraction of sp³-hybridized carbons (Fsp3) is 0.571. The topological polar surface area (TPSA) is 12.0 Å². The van der Waals surface area contributed by atoms with Crippen LogP contribution in [-0.4, -0.2) is 13.1 Å². The van der Waals surface area contributed by atoms with Gasteiger partial charge in [-0.1, -0.05) is 13.0 Å². The van der Waals surface area contributed by atoms with Crippen molar-refractivity contribution in [3.8, 4) is 0 Å². The monoisotopic (exact) mass is 275 g/mol. The van der Waals surface area contributed by atoms with E-state index in [1.54, 1.807) is 0 Å². The number of alkyl halides is 3. The summed E-state index contributed by atoms with van der Waals surface area (Å²) in [6.07, 6.45) is -2.74. The van der Waals surface area contributed by atoms with Gasteiger partial charge in [0.05, 0.1) is 5.56 Å². The van der Waals surface area contributed by atoms with E-state index in [0.29, 0.717) is 11.5 Å². The largest absolute Gasteiger partial charge is 0.419 e.